The Morgan fingerprint density at radius 3 is 1.49 bits per heavy atom. The lowest BCUT2D eigenvalue weighted by Gasteiger charge is -2.34. The predicted molar refractivity (Wildman–Crippen MR) is 223 cm³/mol. The number of carbonyl (C=O) groups is 2. The van der Waals surface area contributed by atoms with E-state index in [1.165, 1.54) is 60.3 Å². The van der Waals surface area contributed by atoms with Crippen molar-refractivity contribution < 1.29 is 18.4 Å². The van der Waals surface area contributed by atoms with Crippen molar-refractivity contribution in [2.75, 3.05) is 76.3 Å². The van der Waals surface area contributed by atoms with Crippen LogP contribution < -0.4 is 20.9 Å². The highest BCUT2D eigenvalue weighted by Crippen LogP contribution is 2.23. The highest BCUT2D eigenvalue weighted by atomic mass is 19.1. The van der Waals surface area contributed by atoms with Crippen LogP contribution in [0.2, 0.25) is 0 Å². The van der Waals surface area contributed by atoms with Gasteiger partial charge in [-0.25, -0.2) is 8.78 Å². The van der Waals surface area contributed by atoms with E-state index >= 15 is 0 Å². The van der Waals surface area contributed by atoms with Crippen LogP contribution in [0.5, 0.6) is 0 Å². The van der Waals surface area contributed by atoms with E-state index in [9.17, 15) is 18.4 Å². The van der Waals surface area contributed by atoms with Crippen molar-refractivity contribution in [3.05, 3.63) is 143 Å². The van der Waals surface area contributed by atoms with Crippen LogP contribution >= 0.6 is 0 Å². The van der Waals surface area contributed by atoms with Crippen LogP contribution in [0.25, 0.3) is 12.2 Å². The summed E-state index contributed by atoms with van der Waals surface area (Å²) in [5.41, 5.74) is 12.3. The van der Waals surface area contributed by atoms with Gasteiger partial charge < -0.3 is 30.7 Å². The van der Waals surface area contributed by atoms with Crippen molar-refractivity contribution in [3.63, 3.8) is 0 Å². The number of amides is 1. The molecule has 10 heteroatoms. The van der Waals surface area contributed by atoms with Crippen LogP contribution in [0, 0.1) is 11.6 Å². The zero-order valence-corrected chi connectivity index (χ0v) is 32.8. The molecule has 2 saturated heterocycles. The molecular weight excluding hydrogens is 695 g/mol. The molecule has 6 rings (SSSR count). The summed E-state index contributed by atoms with van der Waals surface area (Å²) in [5, 5.41) is 2.99. The van der Waals surface area contributed by atoms with E-state index in [2.05, 4.69) is 75.4 Å². The number of hydrogen-bond donors (Lipinski definition) is 2. The molecule has 0 radical (unpaired) electrons. The maximum Gasteiger partial charge on any atom is 0.244 e. The van der Waals surface area contributed by atoms with E-state index in [0.717, 1.165) is 69.0 Å². The summed E-state index contributed by atoms with van der Waals surface area (Å²) in [6.07, 6.45) is 6.27. The van der Waals surface area contributed by atoms with E-state index in [1.54, 1.807) is 36.4 Å². The molecule has 2 fully saturated rings. The van der Waals surface area contributed by atoms with Crippen molar-refractivity contribution in [2.24, 2.45) is 5.73 Å². The first-order valence-electron chi connectivity index (χ1n) is 18.9. The number of nitrogens with two attached hydrogens (primary N) is 1. The van der Waals surface area contributed by atoms with E-state index in [4.69, 9.17) is 5.73 Å². The first-order valence-corrected chi connectivity index (χ1v) is 18.9. The summed E-state index contributed by atoms with van der Waals surface area (Å²) in [6, 6.07) is 29.0. The maximum atomic E-state index is 12.9. The van der Waals surface area contributed by atoms with Gasteiger partial charge in [0.15, 0.2) is 5.78 Å². The minimum atomic E-state index is -0.287. The fourth-order valence-electron chi connectivity index (χ4n) is 6.00. The maximum absolute atomic E-state index is 12.9. The molecule has 2 aliphatic rings. The quantitative estimate of drug-likeness (QED) is 0.173. The third-order valence-electron chi connectivity index (χ3n) is 9.54. The average molecular weight is 751 g/mol. The molecule has 0 aromatic heterocycles. The molecule has 55 heavy (non-hydrogen) atoms. The number of rotatable bonds is 9. The average Bonchev–Trinajstić information content (AvgIpc) is 3.18. The van der Waals surface area contributed by atoms with Crippen molar-refractivity contribution in [2.45, 2.75) is 32.9 Å². The van der Waals surface area contributed by atoms with Gasteiger partial charge in [-0.05, 0) is 118 Å². The molecule has 0 unspecified atom stereocenters. The van der Waals surface area contributed by atoms with Gasteiger partial charge in [-0.1, -0.05) is 54.6 Å². The number of hydrogen-bond acceptors (Lipinski definition) is 7. The SMILES string of the molecule is CC(=O)/C=C/c1ccc(F)cc1.C[C@H](N)c1cccc(N2CCN(C)CC2)c1.C[C@H](NC(=O)/C=C/c1ccc(F)cc1)c1cccc(N2CCN(C)CC2)c1. The van der Waals surface area contributed by atoms with Gasteiger partial charge >= 0.3 is 0 Å². The summed E-state index contributed by atoms with van der Waals surface area (Å²) < 4.78 is 25.3. The van der Waals surface area contributed by atoms with Crippen LogP contribution in [0.3, 0.4) is 0 Å². The van der Waals surface area contributed by atoms with Gasteiger partial charge in [-0.2, -0.15) is 0 Å². The van der Waals surface area contributed by atoms with Crippen LogP contribution in [-0.4, -0.2) is 87.9 Å². The fraction of sp³-hybridized carbons (Fsp3) is 0.333. The molecule has 1 amide bonds. The molecule has 2 atom stereocenters. The Balaban J connectivity index is 0.000000203. The van der Waals surface area contributed by atoms with Crippen LogP contribution in [0.4, 0.5) is 20.2 Å². The largest absolute Gasteiger partial charge is 0.369 e. The number of carbonyl (C=O) groups excluding carboxylic acids is 2. The fourth-order valence-corrected chi connectivity index (χ4v) is 6.00. The normalized spacial score (nSPS) is 16.1. The standard InChI is InChI=1S/C22H26FN3O.C13H21N3.C10H9FO/c1-17(24-22(27)11-8-18-6-9-20(23)10-7-18)19-4-3-5-21(16-19)26-14-12-25(2)13-15-26;1-11(14)12-4-3-5-13(10-12)16-8-6-15(2)7-9-16;1-8(12)2-3-9-4-6-10(11)7-5-9/h3-11,16-17H,12-15H2,1-2H3,(H,24,27);3-5,10-11H,6-9,14H2,1-2H3;2-7H,1H3/b11-8+;;3-2+/t17-;11-;/m00./s1. The number of halogens is 2. The molecule has 2 heterocycles. The molecule has 3 N–H and O–H groups in total. The molecule has 292 valence electrons. The summed E-state index contributed by atoms with van der Waals surface area (Å²) in [6.45, 7) is 14.1. The van der Waals surface area contributed by atoms with Gasteiger partial charge in [0.1, 0.15) is 11.6 Å². The third kappa shape index (κ3) is 14.9. The number of likely N-dealkylation sites (N-methyl/N-ethyl adjacent to an activating group) is 2. The second kappa shape index (κ2) is 21.7. The number of ketones is 1. The Hall–Kier alpha value is -5.16. The van der Waals surface area contributed by atoms with Crippen molar-refractivity contribution in [1.82, 2.24) is 15.1 Å². The molecule has 0 aliphatic carbocycles. The monoisotopic (exact) mass is 750 g/mol. The summed E-state index contributed by atoms with van der Waals surface area (Å²) >= 11 is 0. The number of benzene rings is 4. The van der Waals surface area contributed by atoms with Crippen LogP contribution in [0.15, 0.2) is 109 Å². The third-order valence-corrected chi connectivity index (χ3v) is 9.54. The topological polar surface area (TPSA) is 85.2 Å². The van der Waals surface area contributed by atoms with E-state index < -0.39 is 0 Å². The molecule has 8 nitrogen and oxygen atoms in total. The summed E-state index contributed by atoms with van der Waals surface area (Å²) in [5.74, 6) is -0.739. The van der Waals surface area contributed by atoms with Gasteiger partial charge in [0.25, 0.3) is 0 Å². The Bertz CT molecular complexity index is 1850. The van der Waals surface area contributed by atoms with Gasteiger partial charge in [0.05, 0.1) is 6.04 Å². The summed E-state index contributed by atoms with van der Waals surface area (Å²) in [4.78, 5) is 32.2. The second-order valence-electron chi connectivity index (χ2n) is 14.2. The lowest BCUT2D eigenvalue weighted by molar-refractivity contribution is -0.117. The molecule has 0 saturated carbocycles. The van der Waals surface area contributed by atoms with Gasteiger partial charge in [0, 0.05) is 75.9 Å². The Kier molecular flexibility index (Phi) is 16.8. The van der Waals surface area contributed by atoms with Gasteiger partial charge in [0.2, 0.25) is 5.91 Å². The van der Waals surface area contributed by atoms with E-state index in [-0.39, 0.29) is 35.4 Å². The number of piperazine rings is 2. The zero-order valence-electron chi connectivity index (χ0n) is 32.8. The first kappa shape index (κ1) is 42.6. The molecule has 0 spiro atoms. The van der Waals surface area contributed by atoms with Gasteiger partial charge in [-0.3, -0.25) is 9.59 Å². The number of anilines is 2. The number of nitrogens with one attached hydrogen (secondary N) is 1. The zero-order chi connectivity index (χ0) is 39.7. The Labute approximate surface area is 325 Å². The van der Waals surface area contributed by atoms with E-state index in [1.807, 2.05) is 26.0 Å². The van der Waals surface area contributed by atoms with Crippen LogP contribution in [-0.2, 0) is 9.59 Å². The van der Waals surface area contributed by atoms with E-state index in [0.29, 0.717) is 0 Å². The summed E-state index contributed by atoms with van der Waals surface area (Å²) in [7, 11) is 4.32. The Morgan fingerprint density at radius 1 is 0.636 bits per heavy atom. The minimum absolute atomic E-state index is 0.0145. The highest BCUT2D eigenvalue weighted by molar-refractivity contribution is 5.92. The predicted octanol–water partition coefficient (Wildman–Crippen LogP) is 7.35. The van der Waals surface area contributed by atoms with Crippen molar-refractivity contribution in [3.8, 4) is 0 Å². The van der Waals surface area contributed by atoms with Crippen molar-refractivity contribution in [1.29, 1.82) is 0 Å². The lowest BCUT2D eigenvalue weighted by Crippen LogP contribution is -2.44. The molecule has 0 bridgehead atoms. The number of allylic oxidation sites excluding steroid dienone is 1. The Morgan fingerprint density at radius 2 is 1.05 bits per heavy atom. The molecule has 2 aliphatic heterocycles. The number of nitrogens with zero attached hydrogens (tertiary/aromatic N) is 4. The van der Waals surface area contributed by atoms with Gasteiger partial charge in [-0.15, -0.1) is 0 Å². The minimum Gasteiger partial charge on any atom is -0.369 e. The highest BCUT2D eigenvalue weighted by Gasteiger charge is 2.17. The molecular formula is C45H56F2N6O2. The smallest absolute Gasteiger partial charge is 0.244 e. The lowest BCUT2D eigenvalue weighted by atomic mass is 10.1. The first-order chi connectivity index (χ1) is 26.4. The second-order valence-corrected chi connectivity index (χ2v) is 14.2. The van der Waals surface area contributed by atoms with Crippen molar-refractivity contribution >= 4 is 35.2 Å². The molecule has 4 aromatic rings. The molecule has 4 aromatic carbocycles. The van der Waals surface area contributed by atoms with Crippen LogP contribution in [0.1, 0.15) is 55.1 Å².